The van der Waals surface area contributed by atoms with Crippen molar-refractivity contribution in [2.45, 2.75) is 169 Å². The molecular weight excluding hydrogens is 974 g/mol. The van der Waals surface area contributed by atoms with E-state index in [0.717, 1.165) is 18.5 Å². The van der Waals surface area contributed by atoms with E-state index in [2.05, 4.69) is 271 Å². The van der Waals surface area contributed by atoms with Crippen LogP contribution in [-0.4, -0.2) is 6.71 Å². The Labute approximate surface area is 476 Å². The Morgan fingerprint density at radius 3 is 1.61 bits per heavy atom. The molecule has 3 nitrogen and oxygen atoms in total. The lowest BCUT2D eigenvalue weighted by molar-refractivity contribution is 0.332. The second-order valence-corrected chi connectivity index (χ2v) is 30.0. The topological polar surface area (TPSA) is 9.72 Å². The molecule has 1 aromatic heterocycles. The summed E-state index contributed by atoms with van der Waals surface area (Å²) in [6.07, 6.45) is 4.67. The van der Waals surface area contributed by atoms with Crippen molar-refractivity contribution in [1.29, 1.82) is 0 Å². The van der Waals surface area contributed by atoms with Crippen LogP contribution in [0.25, 0.3) is 20.2 Å². The summed E-state index contributed by atoms with van der Waals surface area (Å²) in [5.41, 5.74) is 26.4. The molecule has 0 spiro atoms. The van der Waals surface area contributed by atoms with Gasteiger partial charge in [0.25, 0.3) is 6.71 Å². The third-order valence-electron chi connectivity index (χ3n) is 19.5. The van der Waals surface area contributed by atoms with Crippen LogP contribution in [0.15, 0.2) is 146 Å². The SMILES string of the molecule is Cc1ccccc1N(c1ccc2c(c1)N(c1cccc3sc4cc(C(C)(C)C)ccc4c13)c1cc(C(C)(C)C)cc3c1B2c1cc2c(cc1N3c1ccc3c(c1)C(C)(C)CCC3(C)C)C(C)(C)CCC2(C)C)c1ccccc1C. The molecule has 8 aromatic carbocycles. The lowest BCUT2D eigenvalue weighted by Crippen LogP contribution is -2.62. The van der Waals surface area contributed by atoms with Crippen molar-refractivity contribution in [3.05, 3.63) is 190 Å². The highest BCUT2D eigenvalue weighted by molar-refractivity contribution is 7.26. The van der Waals surface area contributed by atoms with E-state index >= 15 is 0 Å². The summed E-state index contributed by atoms with van der Waals surface area (Å²) < 4.78 is 2.65. The van der Waals surface area contributed by atoms with Gasteiger partial charge in [-0.05, 0) is 206 Å². The van der Waals surface area contributed by atoms with E-state index < -0.39 is 0 Å². The van der Waals surface area contributed by atoms with Crippen LogP contribution < -0.4 is 31.1 Å². The predicted molar refractivity (Wildman–Crippen MR) is 345 cm³/mol. The van der Waals surface area contributed by atoms with Crippen molar-refractivity contribution >= 4 is 106 Å². The molecule has 13 rings (SSSR count). The molecule has 400 valence electrons. The van der Waals surface area contributed by atoms with Crippen LogP contribution in [0.4, 0.5) is 51.2 Å². The van der Waals surface area contributed by atoms with Crippen molar-refractivity contribution in [2.24, 2.45) is 0 Å². The van der Waals surface area contributed by atoms with Gasteiger partial charge in [-0.3, -0.25) is 0 Å². The Balaban J connectivity index is 1.18. The van der Waals surface area contributed by atoms with Gasteiger partial charge in [0, 0.05) is 65.7 Å². The van der Waals surface area contributed by atoms with Gasteiger partial charge in [-0.2, -0.15) is 0 Å². The number of benzene rings is 8. The maximum Gasteiger partial charge on any atom is 0.252 e. The summed E-state index contributed by atoms with van der Waals surface area (Å²) in [7, 11) is 0. The number of para-hydroxylation sites is 2. The van der Waals surface area contributed by atoms with Crippen LogP contribution in [0, 0.1) is 13.8 Å². The number of nitrogens with zero attached hydrogens (tertiary/aromatic N) is 3. The normalized spacial score (nSPS) is 17.5. The number of fused-ring (bicyclic) bond motifs is 9. The van der Waals surface area contributed by atoms with Gasteiger partial charge in [0.05, 0.1) is 5.69 Å². The van der Waals surface area contributed by atoms with Crippen LogP contribution in [0.1, 0.15) is 167 Å². The molecule has 79 heavy (non-hydrogen) atoms. The summed E-state index contributed by atoms with van der Waals surface area (Å²) in [6.45, 7) is 38.6. The first-order chi connectivity index (χ1) is 37.2. The number of aryl methyl sites for hydroxylation is 2. The van der Waals surface area contributed by atoms with Gasteiger partial charge in [-0.15, -0.1) is 11.3 Å². The molecule has 0 saturated heterocycles. The fraction of sp³-hybridized carbons (Fsp3) is 0.351. The minimum atomic E-state index is -0.165. The number of thiophene rings is 1. The number of hydrogen-bond acceptors (Lipinski definition) is 4. The van der Waals surface area contributed by atoms with E-state index in [-0.39, 0.29) is 39.2 Å². The molecule has 0 radical (unpaired) electrons. The molecular formula is C74H80BN3S. The number of hydrogen-bond donors (Lipinski definition) is 0. The zero-order chi connectivity index (χ0) is 55.7. The summed E-state index contributed by atoms with van der Waals surface area (Å²) in [6, 6.07) is 57.8. The third kappa shape index (κ3) is 8.08. The smallest absolute Gasteiger partial charge is 0.252 e. The molecule has 9 aromatic rings. The molecule has 5 heteroatoms. The quantitative estimate of drug-likeness (QED) is 0.159. The molecule has 0 bridgehead atoms. The van der Waals surface area contributed by atoms with E-state index in [1.807, 2.05) is 11.3 Å². The number of anilines is 9. The second kappa shape index (κ2) is 17.5. The van der Waals surface area contributed by atoms with E-state index in [1.165, 1.54) is 139 Å². The third-order valence-corrected chi connectivity index (χ3v) is 20.7. The standard InChI is InChI=1S/C74H80BN3S/c1-45-22-17-19-24-58(45)76(59-25-20-18-23-46(59)2)50-30-33-56-61(42-50)78(60-26-21-27-65-67(60)51-31-28-47(69(3,4)5)40-66(51)79-65)64-39-48(70(6,7)8)38-63-68(64)75(56)57-43-54-55(74(15,16)37-36-73(54,13)14)44-62(57)77(63)49-29-32-52-53(41-49)72(11,12)35-34-71(52,9)10/h17-33,38-44H,34-37H2,1-16H3. The Morgan fingerprint density at radius 2 is 1.00 bits per heavy atom. The van der Waals surface area contributed by atoms with Crippen molar-refractivity contribution in [3.8, 4) is 0 Å². The zero-order valence-electron chi connectivity index (χ0n) is 50.0. The van der Waals surface area contributed by atoms with Gasteiger partial charge in [0.2, 0.25) is 0 Å². The molecule has 2 aliphatic heterocycles. The minimum Gasteiger partial charge on any atom is -0.311 e. The fourth-order valence-corrected chi connectivity index (χ4v) is 15.5. The van der Waals surface area contributed by atoms with Crippen molar-refractivity contribution < 1.29 is 0 Å². The Bertz CT molecular complexity index is 3950. The zero-order valence-corrected chi connectivity index (χ0v) is 50.8. The van der Waals surface area contributed by atoms with Gasteiger partial charge in [-0.25, -0.2) is 0 Å². The van der Waals surface area contributed by atoms with E-state index in [1.54, 1.807) is 0 Å². The Hall–Kier alpha value is -6.56. The summed E-state index contributed by atoms with van der Waals surface area (Å²) >= 11 is 1.93. The first-order valence-corrected chi connectivity index (χ1v) is 30.2. The van der Waals surface area contributed by atoms with Crippen LogP contribution in [0.2, 0.25) is 0 Å². The average molecular weight is 1050 g/mol. The molecule has 0 unspecified atom stereocenters. The molecule has 2 aliphatic carbocycles. The Morgan fingerprint density at radius 1 is 0.443 bits per heavy atom. The lowest BCUT2D eigenvalue weighted by atomic mass is 9.33. The highest BCUT2D eigenvalue weighted by Crippen LogP contribution is 2.55. The molecule has 0 saturated carbocycles. The number of rotatable bonds is 5. The van der Waals surface area contributed by atoms with Crippen molar-refractivity contribution in [3.63, 3.8) is 0 Å². The van der Waals surface area contributed by atoms with Crippen molar-refractivity contribution in [1.82, 2.24) is 0 Å². The summed E-state index contributed by atoms with van der Waals surface area (Å²) in [5.74, 6) is 0. The largest absolute Gasteiger partial charge is 0.311 e. The van der Waals surface area contributed by atoms with E-state index in [4.69, 9.17) is 0 Å². The fourth-order valence-electron chi connectivity index (χ4n) is 14.4. The Kier molecular flexibility index (Phi) is 11.5. The monoisotopic (exact) mass is 1050 g/mol. The first kappa shape index (κ1) is 51.9. The van der Waals surface area contributed by atoms with Gasteiger partial charge < -0.3 is 14.7 Å². The first-order valence-electron chi connectivity index (χ1n) is 29.4. The molecule has 0 N–H and O–H groups in total. The van der Waals surface area contributed by atoms with Gasteiger partial charge in [-0.1, -0.05) is 170 Å². The van der Waals surface area contributed by atoms with Crippen molar-refractivity contribution in [2.75, 3.05) is 14.7 Å². The van der Waals surface area contributed by atoms with Gasteiger partial charge in [0.15, 0.2) is 0 Å². The van der Waals surface area contributed by atoms with Crippen LogP contribution in [0.3, 0.4) is 0 Å². The van der Waals surface area contributed by atoms with Gasteiger partial charge in [0.1, 0.15) is 0 Å². The van der Waals surface area contributed by atoms with E-state index in [0.29, 0.717) is 0 Å². The minimum absolute atomic E-state index is 0.0167. The maximum atomic E-state index is 2.74. The molecule has 4 aliphatic rings. The summed E-state index contributed by atoms with van der Waals surface area (Å²) in [4.78, 5) is 7.97. The predicted octanol–water partition coefficient (Wildman–Crippen LogP) is 19.5. The molecule has 3 heterocycles. The average Bonchev–Trinajstić information content (AvgIpc) is 2.69. The molecule has 0 atom stereocenters. The van der Waals surface area contributed by atoms with Gasteiger partial charge >= 0.3 is 0 Å². The summed E-state index contributed by atoms with van der Waals surface area (Å²) in [5, 5.41) is 2.63. The highest BCUT2D eigenvalue weighted by Gasteiger charge is 2.48. The lowest BCUT2D eigenvalue weighted by Gasteiger charge is -2.48. The van der Waals surface area contributed by atoms with E-state index in [9.17, 15) is 0 Å². The highest BCUT2D eigenvalue weighted by atomic mass is 32.1. The molecule has 0 fully saturated rings. The van der Waals surface area contributed by atoms with Crippen LogP contribution >= 0.6 is 11.3 Å². The maximum absolute atomic E-state index is 2.74. The molecule has 0 amide bonds. The van der Waals surface area contributed by atoms with Crippen LogP contribution in [0.5, 0.6) is 0 Å². The van der Waals surface area contributed by atoms with Crippen LogP contribution in [-0.2, 0) is 32.5 Å². The second-order valence-electron chi connectivity index (χ2n) is 28.9.